The third-order valence-electron chi connectivity index (χ3n) is 3.20. The Hall–Kier alpha value is -1.81. The van der Waals surface area contributed by atoms with Crippen LogP contribution >= 0.6 is 11.6 Å². The molecule has 0 fully saturated rings. The van der Waals surface area contributed by atoms with Gasteiger partial charge in [0.15, 0.2) is 5.69 Å². The average Bonchev–Trinajstić information content (AvgIpc) is 2.76. The molecule has 0 unspecified atom stereocenters. The van der Waals surface area contributed by atoms with E-state index in [4.69, 9.17) is 16.3 Å². The van der Waals surface area contributed by atoms with Crippen LogP contribution in [0.2, 0.25) is 5.02 Å². The SMILES string of the molecule is COC(=O)c1nn(-c2ccc(C)cc2)c(C(C)(C)C)c1Cl. The molecule has 0 aliphatic heterocycles. The van der Waals surface area contributed by atoms with Gasteiger partial charge in [-0.1, -0.05) is 50.1 Å². The van der Waals surface area contributed by atoms with Crippen LogP contribution in [0.1, 0.15) is 42.5 Å². The number of ether oxygens (including phenoxy) is 1. The van der Waals surface area contributed by atoms with E-state index in [0.717, 1.165) is 16.9 Å². The summed E-state index contributed by atoms with van der Waals surface area (Å²) < 4.78 is 6.47. The largest absolute Gasteiger partial charge is 0.464 e. The van der Waals surface area contributed by atoms with E-state index in [9.17, 15) is 4.79 Å². The van der Waals surface area contributed by atoms with Crippen LogP contribution in [0, 0.1) is 6.92 Å². The van der Waals surface area contributed by atoms with Crippen molar-refractivity contribution >= 4 is 17.6 Å². The van der Waals surface area contributed by atoms with Gasteiger partial charge in [-0.15, -0.1) is 0 Å². The van der Waals surface area contributed by atoms with Crippen molar-refractivity contribution in [2.75, 3.05) is 7.11 Å². The molecule has 1 heterocycles. The Kier molecular flexibility index (Phi) is 4.10. The molecular formula is C16H19ClN2O2. The zero-order valence-corrected chi connectivity index (χ0v) is 13.7. The quantitative estimate of drug-likeness (QED) is 0.790. The highest BCUT2D eigenvalue weighted by Crippen LogP contribution is 2.34. The monoisotopic (exact) mass is 306 g/mol. The fraction of sp³-hybridized carbons (Fsp3) is 0.375. The number of hydrogen-bond acceptors (Lipinski definition) is 3. The summed E-state index contributed by atoms with van der Waals surface area (Å²) in [6.45, 7) is 8.11. The second-order valence-corrected chi connectivity index (χ2v) is 6.38. The van der Waals surface area contributed by atoms with Gasteiger partial charge >= 0.3 is 5.97 Å². The van der Waals surface area contributed by atoms with E-state index in [1.807, 2.05) is 52.0 Å². The first-order valence-electron chi connectivity index (χ1n) is 6.70. The number of esters is 1. The molecule has 0 N–H and O–H groups in total. The molecule has 0 saturated heterocycles. The zero-order chi connectivity index (χ0) is 15.8. The molecular weight excluding hydrogens is 288 g/mol. The Morgan fingerprint density at radius 1 is 1.24 bits per heavy atom. The van der Waals surface area contributed by atoms with Crippen LogP contribution in [0.3, 0.4) is 0 Å². The van der Waals surface area contributed by atoms with Crippen molar-refractivity contribution in [3.8, 4) is 5.69 Å². The van der Waals surface area contributed by atoms with Crippen LogP contribution in [-0.4, -0.2) is 22.9 Å². The first-order valence-corrected chi connectivity index (χ1v) is 7.08. The molecule has 0 bridgehead atoms. The Morgan fingerprint density at radius 2 is 1.81 bits per heavy atom. The standard InChI is InChI=1S/C16H19ClN2O2/c1-10-6-8-11(9-7-10)19-14(16(2,3)4)12(17)13(18-19)15(20)21-5/h6-9H,1-5H3. The predicted octanol–water partition coefficient (Wildman–Crippen LogP) is 3.92. The molecule has 0 aliphatic carbocycles. The maximum Gasteiger partial charge on any atom is 0.360 e. The van der Waals surface area contributed by atoms with Crippen LogP contribution in [-0.2, 0) is 10.2 Å². The highest BCUT2D eigenvalue weighted by molar-refractivity contribution is 6.34. The van der Waals surface area contributed by atoms with Crippen LogP contribution in [0.5, 0.6) is 0 Å². The summed E-state index contributed by atoms with van der Waals surface area (Å²) in [6.07, 6.45) is 0. The van der Waals surface area contributed by atoms with Crippen molar-refractivity contribution in [3.63, 3.8) is 0 Å². The lowest BCUT2D eigenvalue weighted by Crippen LogP contribution is -2.18. The average molecular weight is 307 g/mol. The van der Waals surface area contributed by atoms with E-state index in [0.29, 0.717) is 5.02 Å². The molecule has 1 aromatic heterocycles. The maximum absolute atomic E-state index is 11.8. The van der Waals surface area contributed by atoms with Gasteiger partial charge in [-0.25, -0.2) is 9.48 Å². The fourth-order valence-corrected chi connectivity index (χ4v) is 2.62. The lowest BCUT2D eigenvalue weighted by molar-refractivity contribution is 0.0593. The fourth-order valence-electron chi connectivity index (χ4n) is 2.15. The topological polar surface area (TPSA) is 44.1 Å². The summed E-state index contributed by atoms with van der Waals surface area (Å²) in [5.74, 6) is -0.531. The van der Waals surface area contributed by atoms with Crippen LogP contribution in [0.4, 0.5) is 0 Å². The third-order valence-corrected chi connectivity index (χ3v) is 3.55. The molecule has 0 spiro atoms. The predicted molar refractivity (Wildman–Crippen MR) is 83.4 cm³/mol. The number of aromatic nitrogens is 2. The second-order valence-electron chi connectivity index (χ2n) is 6.00. The number of carbonyl (C=O) groups is 1. The van der Waals surface area contributed by atoms with Crippen LogP contribution in [0.15, 0.2) is 24.3 Å². The van der Waals surface area contributed by atoms with Crippen molar-refractivity contribution in [2.45, 2.75) is 33.1 Å². The first kappa shape index (κ1) is 15.6. The van der Waals surface area contributed by atoms with Gasteiger partial charge in [0.1, 0.15) is 0 Å². The molecule has 2 rings (SSSR count). The van der Waals surface area contributed by atoms with Gasteiger partial charge < -0.3 is 4.74 Å². The summed E-state index contributed by atoms with van der Waals surface area (Å²) in [5.41, 5.74) is 2.68. The summed E-state index contributed by atoms with van der Waals surface area (Å²) in [7, 11) is 1.32. The molecule has 0 atom stereocenters. The molecule has 0 amide bonds. The minimum Gasteiger partial charge on any atom is -0.464 e. The highest BCUT2D eigenvalue weighted by atomic mass is 35.5. The minimum absolute atomic E-state index is 0.143. The van der Waals surface area contributed by atoms with Crippen molar-refractivity contribution in [2.24, 2.45) is 0 Å². The molecule has 4 nitrogen and oxygen atoms in total. The normalized spacial score (nSPS) is 11.5. The minimum atomic E-state index is -0.531. The summed E-state index contributed by atoms with van der Waals surface area (Å²) in [5, 5.41) is 4.70. The Bertz CT molecular complexity index is 667. The summed E-state index contributed by atoms with van der Waals surface area (Å²) in [4.78, 5) is 11.8. The number of carbonyl (C=O) groups excluding carboxylic acids is 1. The molecule has 0 aliphatic rings. The first-order chi connectivity index (χ1) is 9.75. The number of halogens is 1. The molecule has 21 heavy (non-hydrogen) atoms. The van der Waals surface area contributed by atoms with E-state index in [1.165, 1.54) is 7.11 Å². The lowest BCUT2D eigenvalue weighted by atomic mass is 9.91. The maximum atomic E-state index is 11.8. The molecule has 112 valence electrons. The van der Waals surface area contributed by atoms with Crippen LogP contribution < -0.4 is 0 Å². The van der Waals surface area contributed by atoms with Gasteiger partial charge in [0.2, 0.25) is 0 Å². The molecule has 0 saturated carbocycles. The van der Waals surface area contributed by atoms with E-state index < -0.39 is 5.97 Å². The van der Waals surface area contributed by atoms with Crippen molar-refractivity contribution in [1.82, 2.24) is 9.78 Å². The van der Waals surface area contributed by atoms with E-state index in [-0.39, 0.29) is 11.1 Å². The van der Waals surface area contributed by atoms with Gasteiger partial charge in [0.25, 0.3) is 0 Å². The lowest BCUT2D eigenvalue weighted by Gasteiger charge is -2.21. The Morgan fingerprint density at radius 3 is 2.29 bits per heavy atom. The van der Waals surface area contributed by atoms with Crippen molar-refractivity contribution in [3.05, 3.63) is 46.2 Å². The number of methoxy groups -OCH3 is 1. The smallest absolute Gasteiger partial charge is 0.360 e. The van der Waals surface area contributed by atoms with Crippen molar-refractivity contribution in [1.29, 1.82) is 0 Å². The third kappa shape index (κ3) is 2.95. The number of hydrogen-bond donors (Lipinski definition) is 0. The Balaban J connectivity index is 2.69. The van der Waals surface area contributed by atoms with Gasteiger partial charge in [-0.05, 0) is 19.1 Å². The van der Waals surface area contributed by atoms with Crippen molar-refractivity contribution < 1.29 is 9.53 Å². The number of aryl methyl sites for hydroxylation is 1. The molecule has 5 heteroatoms. The van der Waals surface area contributed by atoms with Gasteiger partial charge in [0, 0.05) is 5.41 Å². The number of rotatable bonds is 2. The highest BCUT2D eigenvalue weighted by Gasteiger charge is 2.30. The van der Waals surface area contributed by atoms with Gasteiger partial charge in [-0.2, -0.15) is 5.10 Å². The van der Waals surface area contributed by atoms with E-state index >= 15 is 0 Å². The van der Waals surface area contributed by atoms with E-state index in [2.05, 4.69) is 5.10 Å². The number of benzene rings is 1. The van der Waals surface area contributed by atoms with Gasteiger partial charge in [-0.3, -0.25) is 0 Å². The molecule has 1 aromatic carbocycles. The second kappa shape index (κ2) is 5.53. The molecule has 0 radical (unpaired) electrons. The van der Waals surface area contributed by atoms with E-state index in [1.54, 1.807) is 4.68 Å². The van der Waals surface area contributed by atoms with Crippen LogP contribution in [0.25, 0.3) is 5.69 Å². The zero-order valence-electron chi connectivity index (χ0n) is 12.9. The Labute approximate surface area is 129 Å². The molecule has 2 aromatic rings. The summed E-state index contributed by atoms with van der Waals surface area (Å²) in [6, 6.07) is 7.90. The summed E-state index contributed by atoms with van der Waals surface area (Å²) >= 11 is 6.38. The number of nitrogens with zero attached hydrogens (tertiary/aromatic N) is 2. The van der Waals surface area contributed by atoms with Gasteiger partial charge in [0.05, 0.1) is 23.5 Å².